The Labute approximate surface area is 165 Å². The van der Waals surface area contributed by atoms with Crippen LogP contribution in [-0.4, -0.2) is 23.5 Å². The molecule has 0 bridgehead atoms. The molecular weight excluding hydrogens is 418 g/mol. The molecule has 0 aliphatic rings. The van der Waals surface area contributed by atoms with Gasteiger partial charge in [-0.2, -0.15) is 0 Å². The number of benzene rings is 2. The number of thiocarbonyl (C=S) groups is 1. The van der Waals surface area contributed by atoms with Gasteiger partial charge in [0, 0.05) is 10.0 Å². The number of rotatable bonds is 4. The molecular formula is C18H18BrN3O3S. The van der Waals surface area contributed by atoms with Crippen molar-refractivity contribution in [2.45, 2.75) is 13.8 Å². The molecule has 0 aliphatic carbocycles. The van der Waals surface area contributed by atoms with Crippen LogP contribution in [0.1, 0.15) is 21.5 Å². The first-order valence-electron chi connectivity index (χ1n) is 7.71. The highest BCUT2D eigenvalue weighted by molar-refractivity contribution is 9.10. The number of ether oxygens (including phenoxy) is 1. The molecule has 0 heterocycles. The standard InChI is InChI=1S/C18H18BrN3O3S/c1-11-4-3-5-13(8-11)17(24)21-22-18(26)20-16(23)10-25-15-7-6-14(19)9-12(15)2/h3-9H,10H2,1-2H3,(H,21,24)(H2,20,22,23,26). The van der Waals surface area contributed by atoms with Crippen LogP contribution >= 0.6 is 28.1 Å². The summed E-state index contributed by atoms with van der Waals surface area (Å²) < 4.78 is 6.39. The molecule has 0 aromatic heterocycles. The smallest absolute Gasteiger partial charge is 0.269 e. The number of carbonyl (C=O) groups excluding carboxylic acids is 2. The Morgan fingerprint density at radius 2 is 1.88 bits per heavy atom. The summed E-state index contributed by atoms with van der Waals surface area (Å²) in [6.45, 7) is 3.57. The molecule has 2 rings (SSSR count). The van der Waals surface area contributed by atoms with E-state index in [1.807, 2.05) is 32.0 Å². The fraction of sp³-hybridized carbons (Fsp3) is 0.167. The summed E-state index contributed by atoms with van der Waals surface area (Å²) in [5, 5.41) is 2.41. The monoisotopic (exact) mass is 435 g/mol. The van der Waals surface area contributed by atoms with Gasteiger partial charge in [0.25, 0.3) is 11.8 Å². The lowest BCUT2D eigenvalue weighted by Crippen LogP contribution is -2.49. The maximum absolute atomic E-state index is 12.0. The Kier molecular flexibility index (Phi) is 7.11. The minimum atomic E-state index is -0.436. The minimum absolute atomic E-state index is 0.0212. The third kappa shape index (κ3) is 6.12. The predicted octanol–water partition coefficient (Wildman–Crippen LogP) is 2.78. The van der Waals surface area contributed by atoms with Crippen LogP contribution in [0.2, 0.25) is 0 Å². The van der Waals surface area contributed by atoms with Gasteiger partial charge in [-0.1, -0.05) is 33.6 Å². The van der Waals surface area contributed by atoms with Crippen molar-refractivity contribution in [3.8, 4) is 5.75 Å². The van der Waals surface area contributed by atoms with Crippen LogP contribution in [0.25, 0.3) is 0 Å². The van der Waals surface area contributed by atoms with Gasteiger partial charge in [-0.3, -0.25) is 25.8 Å². The van der Waals surface area contributed by atoms with E-state index in [0.29, 0.717) is 11.3 Å². The summed E-state index contributed by atoms with van der Waals surface area (Å²) in [5.74, 6) is -0.184. The lowest BCUT2D eigenvalue weighted by Gasteiger charge is -2.12. The summed E-state index contributed by atoms with van der Waals surface area (Å²) in [5.41, 5.74) is 7.27. The fourth-order valence-electron chi connectivity index (χ4n) is 2.08. The van der Waals surface area contributed by atoms with E-state index in [1.54, 1.807) is 24.3 Å². The van der Waals surface area contributed by atoms with Crippen LogP contribution in [0.3, 0.4) is 0 Å². The van der Waals surface area contributed by atoms with Crippen LogP contribution < -0.4 is 20.9 Å². The SMILES string of the molecule is Cc1cccc(C(=O)NNC(=S)NC(=O)COc2ccc(Br)cc2C)c1. The summed E-state index contributed by atoms with van der Waals surface area (Å²) in [6, 6.07) is 12.6. The first kappa shape index (κ1) is 19.9. The van der Waals surface area contributed by atoms with Gasteiger partial charge in [0.2, 0.25) is 0 Å². The van der Waals surface area contributed by atoms with Gasteiger partial charge in [-0.25, -0.2) is 0 Å². The topological polar surface area (TPSA) is 79.5 Å². The largest absolute Gasteiger partial charge is 0.483 e. The van der Waals surface area contributed by atoms with E-state index in [2.05, 4.69) is 32.1 Å². The number of hydrazine groups is 1. The van der Waals surface area contributed by atoms with E-state index >= 15 is 0 Å². The van der Waals surface area contributed by atoms with E-state index in [1.165, 1.54) is 0 Å². The molecule has 3 N–H and O–H groups in total. The first-order chi connectivity index (χ1) is 12.3. The molecule has 0 atom stereocenters. The molecule has 26 heavy (non-hydrogen) atoms. The van der Waals surface area contributed by atoms with Gasteiger partial charge in [0.15, 0.2) is 11.7 Å². The summed E-state index contributed by atoms with van der Waals surface area (Å²) >= 11 is 8.34. The number of aryl methyl sites for hydroxylation is 2. The van der Waals surface area contributed by atoms with Crippen molar-refractivity contribution < 1.29 is 14.3 Å². The third-order valence-corrected chi connectivity index (χ3v) is 4.02. The first-order valence-corrected chi connectivity index (χ1v) is 8.91. The lowest BCUT2D eigenvalue weighted by molar-refractivity contribution is -0.121. The Morgan fingerprint density at radius 3 is 2.58 bits per heavy atom. The summed E-state index contributed by atoms with van der Waals surface area (Å²) in [6.07, 6.45) is 0. The molecule has 2 aromatic carbocycles. The number of hydrogen-bond acceptors (Lipinski definition) is 4. The van der Waals surface area contributed by atoms with Crippen LogP contribution in [0, 0.1) is 13.8 Å². The van der Waals surface area contributed by atoms with E-state index in [0.717, 1.165) is 15.6 Å². The Balaban J connectivity index is 1.76. The molecule has 2 amide bonds. The summed E-state index contributed by atoms with van der Waals surface area (Å²) in [7, 11) is 0. The third-order valence-electron chi connectivity index (χ3n) is 3.32. The normalized spacial score (nSPS) is 9.96. The summed E-state index contributed by atoms with van der Waals surface area (Å²) in [4.78, 5) is 23.9. The number of amides is 2. The van der Waals surface area contributed by atoms with Gasteiger partial charge in [-0.15, -0.1) is 0 Å². The minimum Gasteiger partial charge on any atom is -0.483 e. The van der Waals surface area contributed by atoms with Crippen LogP contribution in [0.5, 0.6) is 5.75 Å². The van der Waals surface area contributed by atoms with Gasteiger partial charge in [-0.05, 0) is 62.0 Å². The zero-order chi connectivity index (χ0) is 19.1. The maximum atomic E-state index is 12.0. The van der Waals surface area contributed by atoms with E-state index in [-0.39, 0.29) is 17.6 Å². The molecule has 0 unspecified atom stereocenters. The van der Waals surface area contributed by atoms with Crippen LogP contribution in [-0.2, 0) is 4.79 Å². The fourth-order valence-corrected chi connectivity index (χ4v) is 2.72. The van der Waals surface area contributed by atoms with E-state index in [4.69, 9.17) is 17.0 Å². The molecule has 6 nitrogen and oxygen atoms in total. The van der Waals surface area contributed by atoms with Gasteiger partial charge in [0.05, 0.1) is 0 Å². The zero-order valence-corrected chi connectivity index (χ0v) is 16.7. The van der Waals surface area contributed by atoms with Crippen molar-refractivity contribution in [2.75, 3.05) is 6.61 Å². The van der Waals surface area contributed by atoms with Gasteiger partial charge in [0.1, 0.15) is 5.75 Å². The predicted molar refractivity (Wildman–Crippen MR) is 107 cm³/mol. The van der Waals surface area contributed by atoms with Crippen LogP contribution in [0.4, 0.5) is 0 Å². The van der Waals surface area contributed by atoms with Crippen molar-refractivity contribution in [1.29, 1.82) is 0 Å². The lowest BCUT2D eigenvalue weighted by atomic mass is 10.1. The quantitative estimate of drug-likeness (QED) is 0.508. The number of carbonyl (C=O) groups is 2. The van der Waals surface area contributed by atoms with Crippen molar-refractivity contribution in [1.82, 2.24) is 16.2 Å². The number of nitrogens with one attached hydrogen (secondary N) is 3. The van der Waals surface area contributed by atoms with Gasteiger partial charge < -0.3 is 4.74 Å². The highest BCUT2D eigenvalue weighted by Gasteiger charge is 2.09. The average Bonchev–Trinajstić information content (AvgIpc) is 2.59. The van der Waals surface area contributed by atoms with E-state index < -0.39 is 5.91 Å². The van der Waals surface area contributed by atoms with Gasteiger partial charge >= 0.3 is 0 Å². The van der Waals surface area contributed by atoms with Crippen LogP contribution in [0.15, 0.2) is 46.9 Å². The second-order valence-corrected chi connectivity index (χ2v) is 6.85. The Morgan fingerprint density at radius 1 is 1.12 bits per heavy atom. The highest BCUT2D eigenvalue weighted by Crippen LogP contribution is 2.21. The molecule has 0 spiro atoms. The van der Waals surface area contributed by atoms with Crippen molar-refractivity contribution in [3.63, 3.8) is 0 Å². The second kappa shape index (κ2) is 9.30. The number of hydrogen-bond donors (Lipinski definition) is 3. The van der Waals surface area contributed by atoms with E-state index in [9.17, 15) is 9.59 Å². The molecule has 0 fully saturated rings. The molecule has 0 radical (unpaired) electrons. The number of halogens is 1. The Bertz CT molecular complexity index is 842. The molecule has 136 valence electrons. The molecule has 0 saturated carbocycles. The van der Waals surface area contributed by atoms with Crippen molar-refractivity contribution >= 4 is 45.1 Å². The Hall–Kier alpha value is -2.45. The average molecular weight is 436 g/mol. The molecule has 8 heteroatoms. The van der Waals surface area contributed by atoms with Crippen molar-refractivity contribution in [3.05, 3.63) is 63.6 Å². The molecule has 0 aliphatic heterocycles. The molecule has 2 aromatic rings. The molecule has 0 saturated heterocycles. The van der Waals surface area contributed by atoms with Crippen molar-refractivity contribution in [2.24, 2.45) is 0 Å². The highest BCUT2D eigenvalue weighted by atomic mass is 79.9. The second-order valence-electron chi connectivity index (χ2n) is 5.52. The zero-order valence-electron chi connectivity index (χ0n) is 14.3. The maximum Gasteiger partial charge on any atom is 0.269 e.